The molecule has 13 heteroatoms. The van der Waals surface area contributed by atoms with Crippen LogP contribution in [0.3, 0.4) is 0 Å². The minimum absolute atomic E-state index is 0.00368. The van der Waals surface area contributed by atoms with Crippen molar-refractivity contribution < 1.29 is 56.2 Å². The summed E-state index contributed by atoms with van der Waals surface area (Å²) in [6.07, 6.45) is 56.9. The Morgan fingerprint density at radius 1 is 0.557 bits per heavy atom. The van der Waals surface area contributed by atoms with E-state index in [-0.39, 0.29) is 19.6 Å². The van der Waals surface area contributed by atoms with Gasteiger partial charge in [0.05, 0.1) is 19.8 Å². The average Bonchev–Trinajstić information content (AvgIpc) is 3.34. The largest absolute Gasteiger partial charge is 0.457 e. The van der Waals surface area contributed by atoms with E-state index in [2.05, 4.69) is 127 Å². The summed E-state index contributed by atoms with van der Waals surface area (Å²) < 4.78 is 59.3. The summed E-state index contributed by atoms with van der Waals surface area (Å²) in [5.41, 5.74) is 0. The standard InChI is InChI=1S/C57H94O12S/c1-3-5-7-9-11-13-15-17-19-21-23-25-27-29-31-33-35-37-39-41-43-45-47-65-49-51(50-66-57-55(61)56(69-70(62,63)64)54(60)52(48-58)68-57)67-53(59)46-44-42-40-38-36-34-32-30-28-26-24-22-20-18-16-14-12-10-8-6-4-2/h6,8,12,14-15,17-18,20-21,23-24,26-27,29-30,32,36,38,51-52,54-58,60-61H,3-5,7,9-11,13,16,19,22,25,28,31,33-35,37,39-50H2,1-2H3,(H,62,63,64)/b8-6-,14-12-,17-15-,20-18-,23-21-,26-24-,29-27-,32-30-,38-36-. The molecule has 1 aliphatic rings. The molecule has 1 saturated heterocycles. The normalized spacial score (nSPS) is 20.0. The van der Waals surface area contributed by atoms with E-state index in [1.165, 1.54) is 57.8 Å². The first-order valence-electron chi connectivity index (χ1n) is 26.6. The van der Waals surface area contributed by atoms with Crippen LogP contribution in [0.2, 0.25) is 0 Å². The van der Waals surface area contributed by atoms with Crippen LogP contribution in [0.15, 0.2) is 109 Å². The third-order valence-corrected chi connectivity index (χ3v) is 11.8. The van der Waals surface area contributed by atoms with Gasteiger partial charge in [-0.15, -0.1) is 0 Å². The van der Waals surface area contributed by atoms with Gasteiger partial charge in [0, 0.05) is 13.0 Å². The molecule has 6 atom stereocenters. The Morgan fingerprint density at radius 3 is 1.44 bits per heavy atom. The van der Waals surface area contributed by atoms with Crippen molar-refractivity contribution in [3.63, 3.8) is 0 Å². The number of unbranched alkanes of at least 4 members (excludes halogenated alkanes) is 14. The van der Waals surface area contributed by atoms with Crippen molar-refractivity contribution in [1.29, 1.82) is 0 Å². The molecule has 0 saturated carbocycles. The second kappa shape index (κ2) is 46.8. The Hall–Kier alpha value is -3.24. The van der Waals surface area contributed by atoms with Crippen molar-refractivity contribution in [3.8, 4) is 0 Å². The quantitative estimate of drug-likeness (QED) is 0.0197. The number of aliphatic hydroxyl groups is 3. The van der Waals surface area contributed by atoms with E-state index in [1.54, 1.807) is 0 Å². The van der Waals surface area contributed by atoms with Crippen molar-refractivity contribution in [3.05, 3.63) is 109 Å². The van der Waals surface area contributed by atoms with E-state index in [9.17, 15) is 33.1 Å². The first-order valence-corrected chi connectivity index (χ1v) is 28.0. The summed E-state index contributed by atoms with van der Waals surface area (Å²) in [6.45, 7) is 3.78. The third kappa shape index (κ3) is 39.4. The number of ether oxygens (including phenoxy) is 4. The van der Waals surface area contributed by atoms with Gasteiger partial charge in [0.1, 0.15) is 30.5 Å². The van der Waals surface area contributed by atoms with E-state index in [4.69, 9.17) is 18.9 Å². The molecular formula is C57H94O12S. The predicted molar refractivity (Wildman–Crippen MR) is 284 cm³/mol. The van der Waals surface area contributed by atoms with Gasteiger partial charge in [-0.1, -0.05) is 181 Å². The van der Waals surface area contributed by atoms with Crippen LogP contribution in [-0.2, 0) is 38.3 Å². The molecule has 0 aromatic heterocycles. The number of allylic oxidation sites excluding steroid dienone is 18. The number of hydrogen-bond donors (Lipinski definition) is 4. The summed E-state index contributed by atoms with van der Waals surface area (Å²) in [4.78, 5) is 12.9. The number of rotatable bonds is 45. The molecule has 12 nitrogen and oxygen atoms in total. The van der Waals surface area contributed by atoms with Gasteiger partial charge in [0.25, 0.3) is 0 Å². The fourth-order valence-electron chi connectivity index (χ4n) is 7.39. The monoisotopic (exact) mass is 1000 g/mol. The maximum atomic E-state index is 12.9. The van der Waals surface area contributed by atoms with E-state index in [1.807, 2.05) is 0 Å². The predicted octanol–water partition coefficient (Wildman–Crippen LogP) is 12.7. The summed E-state index contributed by atoms with van der Waals surface area (Å²) in [6, 6.07) is 0. The van der Waals surface area contributed by atoms with E-state index in [0.29, 0.717) is 13.0 Å². The van der Waals surface area contributed by atoms with Gasteiger partial charge in [-0.2, -0.15) is 8.42 Å². The molecule has 1 heterocycles. The van der Waals surface area contributed by atoms with E-state index < -0.39 is 59.8 Å². The number of esters is 1. The zero-order chi connectivity index (χ0) is 51.0. The molecule has 4 N–H and O–H groups in total. The van der Waals surface area contributed by atoms with Gasteiger partial charge in [0.15, 0.2) is 6.29 Å². The number of aliphatic hydroxyl groups excluding tert-OH is 3. The van der Waals surface area contributed by atoms with Gasteiger partial charge in [-0.3, -0.25) is 9.35 Å². The first kappa shape index (κ1) is 64.8. The molecule has 400 valence electrons. The molecule has 0 bridgehead atoms. The molecular weight excluding hydrogens is 909 g/mol. The van der Waals surface area contributed by atoms with Crippen molar-refractivity contribution in [1.82, 2.24) is 0 Å². The van der Waals surface area contributed by atoms with Crippen LogP contribution in [0.5, 0.6) is 0 Å². The van der Waals surface area contributed by atoms with E-state index in [0.717, 1.165) is 96.3 Å². The Morgan fingerprint density at radius 2 is 0.986 bits per heavy atom. The zero-order valence-electron chi connectivity index (χ0n) is 43.0. The van der Waals surface area contributed by atoms with Crippen LogP contribution in [0.1, 0.15) is 181 Å². The van der Waals surface area contributed by atoms with E-state index >= 15 is 0 Å². The second-order valence-electron chi connectivity index (χ2n) is 17.7. The molecule has 0 aliphatic carbocycles. The Kier molecular flexibility index (Phi) is 43.3. The molecule has 0 aromatic rings. The van der Waals surface area contributed by atoms with Crippen LogP contribution < -0.4 is 0 Å². The van der Waals surface area contributed by atoms with Crippen molar-refractivity contribution in [2.24, 2.45) is 0 Å². The molecule has 1 aliphatic heterocycles. The molecule has 0 spiro atoms. The molecule has 0 amide bonds. The highest BCUT2D eigenvalue weighted by Crippen LogP contribution is 2.26. The van der Waals surface area contributed by atoms with Crippen molar-refractivity contribution in [2.75, 3.05) is 26.4 Å². The summed E-state index contributed by atoms with van der Waals surface area (Å²) in [5.74, 6) is -0.448. The fourth-order valence-corrected chi connectivity index (χ4v) is 7.90. The molecule has 0 radical (unpaired) electrons. The van der Waals surface area contributed by atoms with Gasteiger partial charge < -0.3 is 34.3 Å². The van der Waals surface area contributed by atoms with Gasteiger partial charge in [-0.25, -0.2) is 4.18 Å². The van der Waals surface area contributed by atoms with Crippen LogP contribution in [0.4, 0.5) is 0 Å². The van der Waals surface area contributed by atoms with Gasteiger partial charge in [-0.05, 0) is 103 Å². The topological polar surface area (TPSA) is 178 Å². The lowest BCUT2D eigenvalue weighted by atomic mass is 9.99. The lowest BCUT2D eigenvalue weighted by Crippen LogP contribution is -2.60. The minimum Gasteiger partial charge on any atom is -0.457 e. The summed E-state index contributed by atoms with van der Waals surface area (Å²) in [7, 11) is -5.08. The third-order valence-electron chi connectivity index (χ3n) is 11.4. The highest BCUT2D eigenvalue weighted by atomic mass is 32.3. The average molecular weight is 1000 g/mol. The molecule has 1 rings (SSSR count). The second-order valence-corrected chi connectivity index (χ2v) is 18.8. The lowest BCUT2D eigenvalue weighted by Gasteiger charge is -2.41. The lowest BCUT2D eigenvalue weighted by molar-refractivity contribution is -0.301. The Labute approximate surface area is 424 Å². The fraction of sp³-hybridized carbons (Fsp3) is 0.667. The van der Waals surface area contributed by atoms with Crippen LogP contribution >= 0.6 is 0 Å². The maximum Gasteiger partial charge on any atom is 0.397 e. The molecule has 70 heavy (non-hydrogen) atoms. The van der Waals surface area contributed by atoms with Crippen LogP contribution in [-0.4, -0.2) is 97.5 Å². The zero-order valence-corrected chi connectivity index (χ0v) is 43.8. The number of carbonyl (C=O) groups excluding carboxylic acids is 1. The van der Waals surface area contributed by atoms with Crippen molar-refractivity contribution >= 4 is 16.4 Å². The first-order chi connectivity index (χ1) is 34.1. The smallest absolute Gasteiger partial charge is 0.397 e. The minimum atomic E-state index is -5.08. The number of carbonyl (C=O) groups is 1. The summed E-state index contributed by atoms with van der Waals surface area (Å²) >= 11 is 0. The van der Waals surface area contributed by atoms with Crippen LogP contribution in [0, 0.1) is 0 Å². The Bertz CT molecular complexity index is 1630. The molecule has 1 fully saturated rings. The van der Waals surface area contributed by atoms with Gasteiger partial charge in [0.2, 0.25) is 0 Å². The number of hydrogen-bond acceptors (Lipinski definition) is 11. The molecule has 0 aromatic carbocycles. The van der Waals surface area contributed by atoms with Gasteiger partial charge >= 0.3 is 16.4 Å². The molecule has 6 unspecified atom stereocenters. The maximum absolute atomic E-state index is 12.9. The highest BCUT2D eigenvalue weighted by Gasteiger charge is 2.48. The Balaban J connectivity index is 2.41. The highest BCUT2D eigenvalue weighted by molar-refractivity contribution is 7.80. The SMILES string of the molecule is CC/C=C\C/C=C\C/C=C\C/C=C\C/C=C\C/C=C\CCCCC(=O)OC(COCCCCCCCCC/C=C\C/C=C\C/C=C\CCCCCCC)COC1OC(CO)C(O)C(OS(=O)(=O)O)C1O. The summed E-state index contributed by atoms with van der Waals surface area (Å²) in [5, 5.41) is 30.8. The van der Waals surface area contributed by atoms with Crippen molar-refractivity contribution in [2.45, 2.75) is 218 Å². The van der Waals surface area contributed by atoms with Crippen LogP contribution in [0.25, 0.3) is 0 Å².